The maximum Gasteiger partial charge on any atom is 0.243 e. The normalized spacial score (nSPS) is 23.5. The molecule has 1 heterocycles. The number of para-hydroxylation sites is 1. The fraction of sp³-hybridized carbons (Fsp3) is 0.516. The van der Waals surface area contributed by atoms with Crippen LogP contribution in [0.2, 0.25) is 0 Å². The van der Waals surface area contributed by atoms with Crippen LogP contribution in [0, 0.1) is 17.7 Å². The van der Waals surface area contributed by atoms with Crippen LogP contribution in [-0.4, -0.2) is 81.1 Å². The standard InChI is InChI=1S/C31H44FN5O4/c1-20(2)28-31(40)35-26(19-37(4)5)29(38)34-18-21(3)15-23-10-6-7-12-27(23)41-14-13-33-25(30(39)36-28)17-22-9-8-11-24(32)16-22/h6-12,16,20-21,25-26,28,33H,13-15,17-19H2,1-5H3,(H,34,38)(H,35,40)(H,36,39)/t21-,25+,26-,28+/m0/s1. The van der Waals surface area contributed by atoms with Crippen molar-refractivity contribution in [1.82, 2.24) is 26.2 Å². The average molecular weight is 570 g/mol. The highest BCUT2D eigenvalue weighted by molar-refractivity contribution is 5.93. The zero-order chi connectivity index (χ0) is 29.9. The van der Waals surface area contributed by atoms with Crippen LogP contribution in [0.3, 0.4) is 0 Å². The Morgan fingerprint density at radius 3 is 2.44 bits per heavy atom. The number of carbonyl (C=O) groups excluding carboxylic acids is 3. The summed E-state index contributed by atoms with van der Waals surface area (Å²) in [6.07, 6.45) is 0.907. The topological polar surface area (TPSA) is 112 Å². The molecule has 4 N–H and O–H groups in total. The van der Waals surface area contributed by atoms with E-state index in [9.17, 15) is 18.8 Å². The Balaban J connectivity index is 1.90. The predicted molar refractivity (Wildman–Crippen MR) is 157 cm³/mol. The highest BCUT2D eigenvalue weighted by Crippen LogP contribution is 2.21. The van der Waals surface area contributed by atoms with E-state index >= 15 is 0 Å². The zero-order valence-electron chi connectivity index (χ0n) is 24.7. The molecular weight excluding hydrogens is 525 g/mol. The minimum Gasteiger partial charge on any atom is -0.492 e. The molecule has 0 fully saturated rings. The summed E-state index contributed by atoms with van der Waals surface area (Å²) in [5, 5.41) is 12.0. The molecule has 0 radical (unpaired) electrons. The van der Waals surface area contributed by atoms with Gasteiger partial charge in [0.1, 0.15) is 30.3 Å². The maximum absolute atomic E-state index is 13.9. The minimum absolute atomic E-state index is 0.120. The number of fused-ring (bicyclic) bond motifs is 1. The van der Waals surface area contributed by atoms with Crippen LogP contribution in [0.4, 0.5) is 4.39 Å². The molecule has 3 rings (SSSR count). The highest BCUT2D eigenvalue weighted by atomic mass is 19.1. The van der Waals surface area contributed by atoms with Crippen LogP contribution in [0.1, 0.15) is 31.9 Å². The van der Waals surface area contributed by atoms with Gasteiger partial charge in [-0.2, -0.15) is 0 Å². The van der Waals surface area contributed by atoms with Crippen molar-refractivity contribution in [2.45, 2.75) is 51.7 Å². The van der Waals surface area contributed by atoms with Crippen molar-refractivity contribution in [2.75, 3.05) is 40.3 Å². The highest BCUT2D eigenvalue weighted by Gasteiger charge is 2.31. The summed E-state index contributed by atoms with van der Waals surface area (Å²) < 4.78 is 20.0. The fourth-order valence-electron chi connectivity index (χ4n) is 4.82. The monoisotopic (exact) mass is 569 g/mol. The second-order valence-corrected chi connectivity index (χ2v) is 11.4. The summed E-state index contributed by atoms with van der Waals surface area (Å²) in [6, 6.07) is 11.4. The second kappa shape index (κ2) is 15.5. The second-order valence-electron chi connectivity index (χ2n) is 11.4. The molecule has 9 nitrogen and oxygen atoms in total. The van der Waals surface area contributed by atoms with Gasteiger partial charge >= 0.3 is 0 Å². The molecule has 41 heavy (non-hydrogen) atoms. The van der Waals surface area contributed by atoms with Crippen LogP contribution in [-0.2, 0) is 27.2 Å². The van der Waals surface area contributed by atoms with Crippen molar-refractivity contribution in [3.63, 3.8) is 0 Å². The molecule has 1 aliphatic rings. The number of hydrogen-bond donors (Lipinski definition) is 4. The van der Waals surface area contributed by atoms with Gasteiger partial charge in [-0.05, 0) is 68.1 Å². The van der Waals surface area contributed by atoms with Gasteiger partial charge in [0.15, 0.2) is 0 Å². The van der Waals surface area contributed by atoms with E-state index in [1.54, 1.807) is 12.1 Å². The molecule has 0 aliphatic carbocycles. The zero-order valence-corrected chi connectivity index (χ0v) is 24.7. The van der Waals surface area contributed by atoms with E-state index in [2.05, 4.69) is 28.2 Å². The van der Waals surface area contributed by atoms with Crippen LogP contribution in [0.15, 0.2) is 48.5 Å². The first-order valence-electron chi connectivity index (χ1n) is 14.2. The lowest BCUT2D eigenvalue weighted by Crippen LogP contribution is -2.60. The number of nitrogens with zero attached hydrogens (tertiary/aromatic N) is 1. The van der Waals surface area contributed by atoms with Crippen molar-refractivity contribution in [1.29, 1.82) is 0 Å². The van der Waals surface area contributed by atoms with E-state index in [0.717, 1.165) is 11.3 Å². The summed E-state index contributed by atoms with van der Waals surface area (Å²) in [4.78, 5) is 42.0. The van der Waals surface area contributed by atoms with Crippen LogP contribution in [0.25, 0.3) is 0 Å². The summed E-state index contributed by atoms with van der Waals surface area (Å²) in [7, 11) is 3.66. The molecule has 0 spiro atoms. The predicted octanol–water partition coefficient (Wildman–Crippen LogP) is 1.90. The van der Waals surface area contributed by atoms with Gasteiger partial charge in [-0.15, -0.1) is 0 Å². The molecule has 0 saturated carbocycles. The first-order chi connectivity index (χ1) is 19.5. The minimum atomic E-state index is -0.877. The Morgan fingerprint density at radius 1 is 0.976 bits per heavy atom. The van der Waals surface area contributed by atoms with E-state index in [1.807, 2.05) is 57.1 Å². The molecule has 0 saturated heterocycles. The van der Waals surface area contributed by atoms with Crippen LogP contribution in [0.5, 0.6) is 5.75 Å². The number of nitrogens with one attached hydrogen (secondary N) is 4. The van der Waals surface area contributed by atoms with Gasteiger partial charge in [-0.25, -0.2) is 4.39 Å². The Hall–Kier alpha value is -3.50. The maximum atomic E-state index is 13.9. The number of benzene rings is 2. The quantitative estimate of drug-likeness (QED) is 0.438. The van der Waals surface area contributed by atoms with Gasteiger partial charge in [0.2, 0.25) is 17.7 Å². The van der Waals surface area contributed by atoms with E-state index < -0.39 is 29.9 Å². The molecule has 0 unspecified atom stereocenters. The number of rotatable bonds is 5. The number of amides is 3. The Kier molecular flexibility index (Phi) is 12.1. The van der Waals surface area contributed by atoms with Gasteiger partial charge in [-0.1, -0.05) is 51.1 Å². The molecule has 0 aromatic heterocycles. The van der Waals surface area contributed by atoms with Crippen molar-refractivity contribution >= 4 is 17.7 Å². The molecule has 2 aromatic carbocycles. The molecule has 4 atom stereocenters. The lowest BCUT2D eigenvalue weighted by Gasteiger charge is -2.29. The number of hydrogen-bond acceptors (Lipinski definition) is 6. The molecule has 2 aromatic rings. The van der Waals surface area contributed by atoms with Crippen molar-refractivity contribution in [3.05, 3.63) is 65.5 Å². The van der Waals surface area contributed by atoms with Crippen molar-refractivity contribution in [3.8, 4) is 5.75 Å². The third-order valence-corrected chi connectivity index (χ3v) is 6.99. The first kappa shape index (κ1) is 32.0. The largest absolute Gasteiger partial charge is 0.492 e. The Morgan fingerprint density at radius 2 is 1.73 bits per heavy atom. The van der Waals surface area contributed by atoms with E-state index in [4.69, 9.17) is 4.74 Å². The summed E-state index contributed by atoms with van der Waals surface area (Å²) in [5.41, 5.74) is 1.66. The average Bonchev–Trinajstić information content (AvgIpc) is 2.91. The lowest BCUT2D eigenvalue weighted by molar-refractivity contribution is -0.133. The lowest BCUT2D eigenvalue weighted by atomic mass is 9.99. The van der Waals surface area contributed by atoms with Gasteiger partial charge in [-0.3, -0.25) is 14.4 Å². The smallest absolute Gasteiger partial charge is 0.243 e. The van der Waals surface area contributed by atoms with Gasteiger partial charge in [0, 0.05) is 19.6 Å². The molecule has 1 aliphatic heterocycles. The summed E-state index contributed by atoms with van der Waals surface area (Å²) >= 11 is 0. The number of carbonyl (C=O) groups is 3. The summed E-state index contributed by atoms with van der Waals surface area (Å²) in [5.74, 6) is -0.890. The van der Waals surface area contributed by atoms with Crippen LogP contribution >= 0.6 is 0 Å². The van der Waals surface area contributed by atoms with Crippen LogP contribution < -0.4 is 26.0 Å². The fourth-order valence-corrected chi connectivity index (χ4v) is 4.82. The molecule has 3 amide bonds. The van der Waals surface area contributed by atoms with E-state index in [1.165, 1.54) is 12.1 Å². The molecule has 10 heteroatoms. The summed E-state index contributed by atoms with van der Waals surface area (Å²) in [6.45, 7) is 7.11. The van der Waals surface area contributed by atoms with Gasteiger partial charge in [0.25, 0.3) is 0 Å². The Bertz CT molecular complexity index is 1170. The molecular formula is C31H44FN5O4. The molecule has 0 bridgehead atoms. The molecule has 224 valence electrons. The van der Waals surface area contributed by atoms with Crippen molar-refractivity contribution in [2.24, 2.45) is 11.8 Å². The number of halogens is 1. The first-order valence-corrected chi connectivity index (χ1v) is 14.2. The van der Waals surface area contributed by atoms with Crippen molar-refractivity contribution < 1.29 is 23.5 Å². The van der Waals surface area contributed by atoms with Gasteiger partial charge in [0.05, 0.1) is 6.04 Å². The van der Waals surface area contributed by atoms with E-state index in [0.29, 0.717) is 38.2 Å². The third kappa shape index (κ3) is 10.1. The third-order valence-electron chi connectivity index (χ3n) is 6.99. The van der Waals surface area contributed by atoms with E-state index in [-0.39, 0.29) is 30.0 Å². The number of ether oxygens (including phenoxy) is 1. The SMILES string of the molecule is CC(C)[C@H]1NC(=O)[C@@H](Cc2cccc(F)c2)NCCOc2ccccc2C[C@H](C)CNC(=O)[C@H](CN(C)C)NC1=O. The Labute approximate surface area is 242 Å². The number of likely N-dealkylation sites (N-methyl/N-ethyl adjacent to an activating group) is 1. The van der Waals surface area contributed by atoms with Gasteiger partial charge < -0.3 is 30.9 Å².